The molecule has 0 radical (unpaired) electrons. The number of thioether (sulfide) groups is 1. The molecule has 1 N–H and O–H groups in total. The molecule has 1 aliphatic rings. The van der Waals surface area contributed by atoms with Gasteiger partial charge in [0.2, 0.25) is 0 Å². The molecule has 0 saturated carbocycles. The number of imide groups is 1. The smallest absolute Gasteiger partial charge is 0.326 e. The van der Waals surface area contributed by atoms with E-state index in [4.69, 9.17) is 14.2 Å². The van der Waals surface area contributed by atoms with E-state index in [1.54, 1.807) is 37.3 Å². The number of carbonyl (C=O) groups is 4. The van der Waals surface area contributed by atoms with Gasteiger partial charge >= 0.3 is 5.97 Å². The fourth-order valence-electron chi connectivity index (χ4n) is 3.05. The van der Waals surface area contributed by atoms with Gasteiger partial charge in [-0.05, 0) is 49.9 Å². The number of nitrogens with one attached hydrogen (secondary N) is 1. The Labute approximate surface area is 201 Å². The number of rotatable bonds is 9. The molecule has 9 nitrogen and oxygen atoms in total. The first kappa shape index (κ1) is 24.8. The zero-order chi connectivity index (χ0) is 24.7. The molecule has 1 aliphatic heterocycles. The number of anilines is 1. The number of ether oxygens (including phenoxy) is 3. The minimum absolute atomic E-state index is 0.108. The first-order valence-corrected chi connectivity index (χ1v) is 11.2. The first-order valence-electron chi connectivity index (χ1n) is 10.4. The van der Waals surface area contributed by atoms with Crippen molar-refractivity contribution in [3.8, 4) is 11.5 Å². The molecule has 0 unspecified atom stereocenters. The van der Waals surface area contributed by atoms with Gasteiger partial charge in [0.1, 0.15) is 6.54 Å². The van der Waals surface area contributed by atoms with Gasteiger partial charge in [0.05, 0.1) is 18.6 Å². The summed E-state index contributed by atoms with van der Waals surface area (Å²) in [5, 5.41) is 2.17. The van der Waals surface area contributed by atoms with Crippen LogP contribution in [0.15, 0.2) is 47.4 Å². The maximum absolute atomic E-state index is 12.7. The lowest BCUT2D eigenvalue weighted by molar-refractivity contribution is -0.146. The number of carbonyl (C=O) groups excluding carboxylic acids is 4. The summed E-state index contributed by atoms with van der Waals surface area (Å²) in [6.45, 7) is 2.96. The summed E-state index contributed by atoms with van der Waals surface area (Å²) in [7, 11) is 1.45. The molecule has 1 heterocycles. The molecule has 0 atom stereocenters. The summed E-state index contributed by atoms with van der Waals surface area (Å²) in [6, 6.07) is 12.3. The van der Waals surface area contributed by atoms with Crippen LogP contribution in [0.4, 0.5) is 10.5 Å². The van der Waals surface area contributed by atoms with Crippen molar-refractivity contribution >= 4 is 46.5 Å². The lowest BCUT2D eigenvalue weighted by Gasteiger charge is -2.14. The average Bonchev–Trinajstić information content (AvgIpc) is 3.07. The maximum atomic E-state index is 12.7. The molecular weight excluding hydrogens is 460 g/mol. The molecule has 0 bridgehead atoms. The molecule has 10 heteroatoms. The van der Waals surface area contributed by atoms with Gasteiger partial charge in [0.15, 0.2) is 18.1 Å². The third-order valence-electron chi connectivity index (χ3n) is 4.66. The molecule has 1 fully saturated rings. The number of hydrogen-bond acceptors (Lipinski definition) is 8. The Balaban J connectivity index is 1.76. The summed E-state index contributed by atoms with van der Waals surface area (Å²) in [6.07, 6.45) is 1.46. The Morgan fingerprint density at radius 2 is 1.85 bits per heavy atom. The molecule has 2 aromatic carbocycles. The predicted octanol–water partition coefficient (Wildman–Crippen LogP) is 3.62. The van der Waals surface area contributed by atoms with Crippen LogP contribution in [0.25, 0.3) is 6.08 Å². The number of amides is 3. The highest BCUT2D eigenvalue weighted by Crippen LogP contribution is 2.37. The van der Waals surface area contributed by atoms with Gasteiger partial charge < -0.3 is 19.5 Å². The number of esters is 1. The predicted molar refractivity (Wildman–Crippen MR) is 128 cm³/mol. The van der Waals surface area contributed by atoms with E-state index in [9.17, 15) is 19.2 Å². The minimum Gasteiger partial charge on any atom is -0.493 e. The van der Waals surface area contributed by atoms with Gasteiger partial charge in [0, 0.05) is 11.3 Å². The van der Waals surface area contributed by atoms with E-state index in [0.29, 0.717) is 28.8 Å². The molecule has 0 spiro atoms. The van der Waals surface area contributed by atoms with Gasteiger partial charge in [0.25, 0.3) is 17.1 Å². The highest BCUT2D eigenvalue weighted by molar-refractivity contribution is 8.18. The van der Waals surface area contributed by atoms with Crippen molar-refractivity contribution < 1.29 is 33.4 Å². The van der Waals surface area contributed by atoms with Crippen LogP contribution < -0.4 is 14.8 Å². The fraction of sp³-hybridized carbons (Fsp3) is 0.250. The van der Waals surface area contributed by atoms with Crippen molar-refractivity contribution in [2.45, 2.75) is 13.8 Å². The standard InChI is InChI=1S/C24H24N2O7S/c1-4-32-21(28)13-26-23(29)19(34-24(26)30)12-16-6-5-7-18(31-3)22(16)33-14-20(27)25-17-10-8-15(2)9-11-17/h5-12H,4,13-14H2,1-3H3,(H,25,27)/b19-12+. The first-order chi connectivity index (χ1) is 16.3. The van der Waals surface area contributed by atoms with Gasteiger partial charge in [-0.25, -0.2) is 0 Å². The molecule has 1 saturated heterocycles. The summed E-state index contributed by atoms with van der Waals surface area (Å²) in [4.78, 5) is 50.0. The summed E-state index contributed by atoms with van der Waals surface area (Å²) in [5.74, 6) is -1.08. The molecule has 34 heavy (non-hydrogen) atoms. The highest BCUT2D eigenvalue weighted by Gasteiger charge is 2.37. The maximum Gasteiger partial charge on any atom is 0.326 e. The van der Waals surface area contributed by atoms with Crippen molar-refractivity contribution in [2.24, 2.45) is 0 Å². The monoisotopic (exact) mass is 484 g/mol. The number of nitrogens with zero attached hydrogens (tertiary/aromatic N) is 1. The molecule has 0 aromatic heterocycles. The van der Waals surface area contributed by atoms with E-state index in [0.717, 1.165) is 10.5 Å². The van der Waals surface area contributed by atoms with Crippen LogP contribution >= 0.6 is 11.8 Å². The summed E-state index contributed by atoms with van der Waals surface area (Å²) in [5.41, 5.74) is 2.14. The number of methoxy groups -OCH3 is 1. The largest absolute Gasteiger partial charge is 0.493 e. The molecule has 178 valence electrons. The molecule has 3 amide bonds. The Hall–Kier alpha value is -3.79. The quantitative estimate of drug-likeness (QED) is 0.424. The van der Waals surface area contributed by atoms with Crippen LogP contribution in [-0.4, -0.2) is 54.8 Å². The van der Waals surface area contributed by atoms with E-state index < -0.39 is 23.7 Å². The second kappa shape index (κ2) is 11.4. The lowest BCUT2D eigenvalue weighted by atomic mass is 10.1. The molecule has 0 aliphatic carbocycles. The van der Waals surface area contributed by atoms with E-state index in [-0.39, 0.29) is 29.8 Å². The van der Waals surface area contributed by atoms with Gasteiger partial charge in [-0.1, -0.05) is 29.8 Å². The van der Waals surface area contributed by atoms with E-state index >= 15 is 0 Å². The zero-order valence-corrected chi connectivity index (χ0v) is 19.8. The third-order valence-corrected chi connectivity index (χ3v) is 5.57. The van der Waals surface area contributed by atoms with Crippen molar-refractivity contribution in [1.82, 2.24) is 4.90 Å². The number of benzene rings is 2. The van der Waals surface area contributed by atoms with Crippen LogP contribution in [0.5, 0.6) is 11.5 Å². The fourth-order valence-corrected chi connectivity index (χ4v) is 3.88. The van der Waals surface area contributed by atoms with Gasteiger partial charge in [-0.15, -0.1) is 0 Å². The Morgan fingerprint density at radius 1 is 1.12 bits per heavy atom. The van der Waals surface area contributed by atoms with Crippen LogP contribution in [0.3, 0.4) is 0 Å². The number of aryl methyl sites for hydroxylation is 1. The Kier molecular flexibility index (Phi) is 8.31. The topological polar surface area (TPSA) is 111 Å². The van der Waals surface area contributed by atoms with Crippen molar-refractivity contribution in [3.05, 3.63) is 58.5 Å². The van der Waals surface area contributed by atoms with Gasteiger partial charge in [-0.2, -0.15) is 0 Å². The van der Waals surface area contributed by atoms with E-state index in [2.05, 4.69) is 5.32 Å². The molecular formula is C24H24N2O7S. The van der Waals surface area contributed by atoms with Crippen molar-refractivity contribution in [3.63, 3.8) is 0 Å². The molecule has 2 aromatic rings. The van der Waals surface area contributed by atoms with E-state index in [1.165, 1.54) is 13.2 Å². The van der Waals surface area contributed by atoms with Crippen molar-refractivity contribution in [2.75, 3.05) is 32.2 Å². The second-order valence-corrected chi connectivity index (χ2v) is 8.15. The Morgan fingerprint density at radius 3 is 2.53 bits per heavy atom. The summed E-state index contributed by atoms with van der Waals surface area (Å²) < 4.78 is 15.9. The van der Waals surface area contributed by atoms with Gasteiger partial charge in [-0.3, -0.25) is 24.1 Å². The Bertz CT molecular complexity index is 1130. The van der Waals surface area contributed by atoms with Crippen LogP contribution in [-0.2, 0) is 19.1 Å². The average molecular weight is 485 g/mol. The van der Waals surface area contributed by atoms with Crippen LogP contribution in [0.2, 0.25) is 0 Å². The van der Waals surface area contributed by atoms with E-state index in [1.807, 2.05) is 19.1 Å². The number of para-hydroxylation sites is 1. The van der Waals surface area contributed by atoms with Crippen LogP contribution in [0, 0.1) is 6.92 Å². The summed E-state index contributed by atoms with van der Waals surface area (Å²) >= 11 is 0.701. The third kappa shape index (κ3) is 6.16. The normalized spacial score (nSPS) is 14.3. The SMILES string of the molecule is CCOC(=O)CN1C(=O)S/C(=C/c2cccc(OC)c2OCC(=O)Nc2ccc(C)cc2)C1=O. The second-order valence-electron chi connectivity index (χ2n) is 7.15. The lowest BCUT2D eigenvalue weighted by Crippen LogP contribution is -2.34. The minimum atomic E-state index is -0.670. The molecule has 3 rings (SSSR count). The number of hydrogen-bond donors (Lipinski definition) is 1. The van der Waals surface area contributed by atoms with Crippen LogP contribution in [0.1, 0.15) is 18.1 Å². The zero-order valence-electron chi connectivity index (χ0n) is 19.0. The highest BCUT2D eigenvalue weighted by atomic mass is 32.2. The van der Waals surface area contributed by atoms with Crippen molar-refractivity contribution in [1.29, 1.82) is 0 Å².